The Labute approximate surface area is 178 Å². The van der Waals surface area contributed by atoms with Gasteiger partial charge < -0.3 is 10.1 Å². The number of likely N-dealkylation sites (N-methyl/N-ethyl adjacent to an activating group) is 1. The summed E-state index contributed by atoms with van der Waals surface area (Å²) in [5.41, 5.74) is 1.90. The highest BCUT2D eigenvalue weighted by Crippen LogP contribution is 2.20. The summed E-state index contributed by atoms with van der Waals surface area (Å²) in [6, 6.07) is 21.5. The van der Waals surface area contributed by atoms with Crippen LogP contribution in [0.5, 0.6) is 11.5 Å². The second-order valence-electron chi connectivity index (χ2n) is 7.09. The molecule has 0 saturated carbocycles. The van der Waals surface area contributed by atoms with Crippen LogP contribution in [0.4, 0.5) is 0 Å². The van der Waals surface area contributed by atoms with Crippen molar-refractivity contribution >= 4 is 5.91 Å². The summed E-state index contributed by atoms with van der Waals surface area (Å²) in [4.78, 5) is 19.1. The van der Waals surface area contributed by atoms with E-state index < -0.39 is 0 Å². The molecule has 3 aromatic rings. The van der Waals surface area contributed by atoms with Crippen LogP contribution in [0.15, 0.2) is 79.1 Å². The average molecular weight is 404 g/mol. The molecule has 1 amide bonds. The quantitative estimate of drug-likeness (QED) is 0.539. The average Bonchev–Trinajstić information content (AvgIpc) is 2.80. The zero-order chi connectivity index (χ0) is 21.2. The predicted molar refractivity (Wildman–Crippen MR) is 120 cm³/mol. The monoisotopic (exact) mass is 403 g/mol. The van der Waals surface area contributed by atoms with Crippen molar-refractivity contribution in [1.29, 1.82) is 0 Å². The SMILES string of the molecule is CCN(CC)C(CNC(=O)c1ccc(Oc2cccnc2)cc1)Cc1ccccc1. The van der Waals surface area contributed by atoms with Crippen LogP contribution in [0.2, 0.25) is 0 Å². The summed E-state index contributed by atoms with van der Waals surface area (Å²) in [6.45, 7) is 6.81. The Morgan fingerprint density at radius 3 is 2.33 bits per heavy atom. The second kappa shape index (κ2) is 11.1. The molecule has 1 unspecified atom stereocenters. The third kappa shape index (κ3) is 6.16. The number of rotatable bonds is 10. The van der Waals surface area contributed by atoms with Crippen LogP contribution in [0.25, 0.3) is 0 Å². The number of benzene rings is 2. The number of amides is 1. The summed E-state index contributed by atoms with van der Waals surface area (Å²) in [7, 11) is 0. The van der Waals surface area contributed by atoms with Gasteiger partial charge in [-0.05, 0) is 61.5 Å². The van der Waals surface area contributed by atoms with Crippen molar-refractivity contribution in [2.24, 2.45) is 0 Å². The number of nitrogens with zero attached hydrogens (tertiary/aromatic N) is 2. The Balaban J connectivity index is 1.60. The second-order valence-corrected chi connectivity index (χ2v) is 7.09. The normalized spacial score (nSPS) is 11.8. The van der Waals surface area contributed by atoms with E-state index in [-0.39, 0.29) is 11.9 Å². The largest absolute Gasteiger partial charge is 0.456 e. The van der Waals surface area contributed by atoms with Crippen LogP contribution >= 0.6 is 0 Å². The number of carbonyl (C=O) groups is 1. The molecule has 1 heterocycles. The Hall–Kier alpha value is -3.18. The van der Waals surface area contributed by atoms with Crippen molar-refractivity contribution in [3.63, 3.8) is 0 Å². The minimum absolute atomic E-state index is 0.0758. The zero-order valence-electron chi connectivity index (χ0n) is 17.6. The van der Waals surface area contributed by atoms with Crippen molar-refractivity contribution in [1.82, 2.24) is 15.2 Å². The van der Waals surface area contributed by atoms with Gasteiger partial charge in [-0.3, -0.25) is 14.7 Å². The molecule has 1 N–H and O–H groups in total. The van der Waals surface area contributed by atoms with Gasteiger partial charge in [0.05, 0.1) is 6.20 Å². The first-order chi connectivity index (χ1) is 14.7. The molecular weight excluding hydrogens is 374 g/mol. The summed E-state index contributed by atoms with van der Waals surface area (Å²) in [6.07, 6.45) is 4.25. The van der Waals surface area contributed by atoms with Crippen LogP contribution in [-0.2, 0) is 6.42 Å². The van der Waals surface area contributed by atoms with E-state index in [1.54, 1.807) is 36.7 Å². The first kappa shape index (κ1) is 21.5. The number of ether oxygens (including phenoxy) is 1. The van der Waals surface area contributed by atoms with Gasteiger partial charge in [0.1, 0.15) is 11.5 Å². The van der Waals surface area contributed by atoms with Crippen LogP contribution < -0.4 is 10.1 Å². The molecule has 0 aliphatic rings. The van der Waals surface area contributed by atoms with Gasteiger partial charge in [-0.25, -0.2) is 0 Å². The molecule has 3 rings (SSSR count). The van der Waals surface area contributed by atoms with Gasteiger partial charge in [-0.1, -0.05) is 44.2 Å². The lowest BCUT2D eigenvalue weighted by Crippen LogP contribution is -2.45. The number of pyridine rings is 1. The lowest BCUT2D eigenvalue weighted by molar-refractivity contribution is 0.0934. The lowest BCUT2D eigenvalue weighted by atomic mass is 10.0. The molecule has 5 heteroatoms. The summed E-state index contributed by atoms with van der Waals surface area (Å²) < 4.78 is 5.74. The fourth-order valence-electron chi connectivity index (χ4n) is 3.49. The molecule has 0 aliphatic carbocycles. The number of hydrogen-bond acceptors (Lipinski definition) is 4. The maximum atomic E-state index is 12.7. The Morgan fingerprint density at radius 2 is 1.70 bits per heavy atom. The smallest absolute Gasteiger partial charge is 0.251 e. The first-order valence-electron chi connectivity index (χ1n) is 10.4. The van der Waals surface area contributed by atoms with E-state index in [1.165, 1.54) is 5.56 Å². The van der Waals surface area contributed by atoms with E-state index in [1.807, 2.05) is 18.2 Å². The highest BCUT2D eigenvalue weighted by atomic mass is 16.5. The van der Waals surface area contributed by atoms with Gasteiger partial charge in [-0.2, -0.15) is 0 Å². The molecule has 2 aromatic carbocycles. The fourth-order valence-corrected chi connectivity index (χ4v) is 3.49. The van der Waals surface area contributed by atoms with Gasteiger partial charge in [0.25, 0.3) is 5.91 Å². The lowest BCUT2D eigenvalue weighted by Gasteiger charge is -2.30. The minimum atomic E-state index is -0.0758. The summed E-state index contributed by atoms with van der Waals surface area (Å²) >= 11 is 0. The van der Waals surface area contributed by atoms with E-state index in [4.69, 9.17) is 4.74 Å². The highest BCUT2D eigenvalue weighted by Gasteiger charge is 2.18. The van der Waals surface area contributed by atoms with Gasteiger partial charge in [0.2, 0.25) is 0 Å². The van der Waals surface area contributed by atoms with E-state index in [0.717, 1.165) is 19.5 Å². The van der Waals surface area contributed by atoms with Crippen LogP contribution in [-0.4, -0.2) is 41.5 Å². The third-order valence-electron chi connectivity index (χ3n) is 5.13. The molecule has 0 bridgehead atoms. The summed E-state index contributed by atoms with van der Waals surface area (Å²) in [5.74, 6) is 1.26. The number of aromatic nitrogens is 1. The molecule has 0 aliphatic heterocycles. The Bertz CT molecular complexity index is 895. The highest BCUT2D eigenvalue weighted by molar-refractivity contribution is 5.94. The Kier molecular flexibility index (Phi) is 7.98. The number of hydrogen-bond donors (Lipinski definition) is 1. The first-order valence-corrected chi connectivity index (χ1v) is 10.4. The van der Waals surface area contributed by atoms with Crippen molar-refractivity contribution < 1.29 is 9.53 Å². The van der Waals surface area contributed by atoms with Crippen molar-refractivity contribution in [2.75, 3.05) is 19.6 Å². The maximum Gasteiger partial charge on any atom is 0.251 e. The van der Waals surface area contributed by atoms with E-state index >= 15 is 0 Å². The van der Waals surface area contributed by atoms with Gasteiger partial charge in [0, 0.05) is 24.3 Å². The van der Waals surface area contributed by atoms with E-state index in [0.29, 0.717) is 23.6 Å². The van der Waals surface area contributed by atoms with Gasteiger partial charge in [0.15, 0.2) is 0 Å². The topological polar surface area (TPSA) is 54.5 Å². The van der Waals surface area contributed by atoms with Gasteiger partial charge in [-0.15, -0.1) is 0 Å². The molecule has 1 atom stereocenters. The number of carbonyl (C=O) groups excluding carboxylic acids is 1. The molecule has 156 valence electrons. The molecule has 0 fully saturated rings. The summed E-state index contributed by atoms with van der Waals surface area (Å²) in [5, 5.41) is 3.11. The zero-order valence-corrected chi connectivity index (χ0v) is 17.6. The van der Waals surface area contributed by atoms with Crippen LogP contribution in [0.1, 0.15) is 29.8 Å². The molecule has 0 radical (unpaired) electrons. The molecular formula is C25H29N3O2. The maximum absolute atomic E-state index is 12.7. The van der Waals surface area contributed by atoms with Crippen molar-refractivity contribution in [2.45, 2.75) is 26.3 Å². The van der Waals surface area contributed by atoms with E-state index in [9.17, 15) is 4.79 Å². The Morgan fingerprint density at radius 1 is 0.967 bits per heavy atom. The van der Waals surface area contributed by atoms with Crippen molar-refractivity contribution in [3.05, 3.63) is 90.3 Å². The standard InChI is InChI=1S/C25H29N3O2/c1-3-28(4-2)22(17-20-9-6-5-7-10-20)18-27-25(29)21-12-14-23(15-13-21)30-24-11-8-16-26-19-24/h5-16,19,22H,3-4,17-18H2,1-2H3,(H,27,29). The minimum Gasteiger partial charge on any atom is -0.456 e. The van der Waals surface area contributed by atoms with Gasteiger partial charge >= 0.3 is 0 Å². The third-order valence-corrected chi connectivity index (χ3v) is 5.13. The molecule has 5 nitrogen and oxygen atoms in total. The van der Waals surface area contributed by atoms with E-state index in [2.05, 4.69) is 53.3 Å². The molecule has 0 spiro atoms. The predicted octanol–water partition coefficient (Wildman–Crippen LogP) is 4.56. The number of nitrogens with one attached hydrogen (secondary N) is 1. The van der Waals surface area contributed by atoms with Crippen LogP contribution in [0, 0.1) is 0 Å². The molecule has 1 aromatic heterocycles. The molecule has 0 saturated heterocycles. The fraction of sp³-hybridized carbons (Fsp3) is 0.280. The molecule has 30 heavy (non-hydrogen) atoms. The van der Waals surface area contributed by atoms with Crippen molar-refractivity contribution in [3.8, 4) is 11.5 Å². The van der Waals surface area contributed by atoms with Crippen LogP contribution in [0.3, 0.4) is 0 Å².